The van der Waals surface area contributed by atoms with Crippen molar-refractivity contribution >= 4 is 17.5 Å². The predicted molar refractivity (Wildman–Crippen MR) is 132 cm³/mol. The first-order valence-electron chi connectivity index (χ1n) is 11.7. The number of urea groups is 1. The summed E-state index contributed by atoms with van der Waals surface area (Å²) in [5.41, 5.74) is 3.63. The van der Waals surface area contributed by atoms with Crippen LogP contribution in [0.25, 0.3) is 5.65 Å². The van der Waals surface area contributed by atoms with Gasteiger partial charge in [-0.15, -0.1) is 10.2 Å². The Hall–Kier alpha value is -4.01. The molecule has 0 spiro atoms. The Morgan fingerprint density at radius 1 is 1.09 bits per heavy atom. The second kappa shape index (κ2) is 8.98. The SMILES string of the molecule is Cc1nc(NC(=O)N[C@H]2CC[C@@H](Oc3ccc4nncn4c3)c3ccccc32)cc(C(C)(C)C)n1. The van der Waals surface area contributed by atoms with Crippen LogP contribution in [0.2, 0.25) is 0 Å². The zero-order valence-electron chi connectivity index (χ0n) is 20.3. The van der Waals surface area contributed by atoms with E-state index in [1.165, 1.54) is 0 Å². The maximum atomic E-state index is 12.9. The smallest absolute Gasteiger partial charge is 0.320 e. The number of ether oxygens (including phenoxy) is 1. The zero-order chi connectivity index (χ0) is 24.6. The minimum absolute atomic E-state index is 0.111. The lowest BCUT2D eigenvalue weighted by atomic mass is 9.85. The molecule has 1 aromatic carbocycles. The molecular formula is C26H29N7O2. The Balaban J connectivity index is 1.31. The number of aromatic nitrogens is 5. The molecule has 9 nitrogen and oxygen atoms in total. The molecule has 2 atom stereocenters. The molecule has 5 rings (SSSR count). The van der Waals surface area contributed by atoms with E-state index in [2.05, 4.69) is 57.6 Å². The predicted octanol–water partition coefficient (Wildman–Crippen LogP) is 4.90. The molecule has 0 bridgehead atoms. The topological polar surface area (TPSA) is 106 Å². The lowest BCUT2D eigenvalue weighted by Crippen LogP contribution is -2.36. The van der Waals surface area contributed by atoms with Gasteiger partial charge in [-0.2, -0.15) is 0 Å². The van der Waals surface area contributed by atoms with Gasteiger partial charge in [0.15, 0.2) is 5.65 Å². The molecule has 0 aliphatic heterocycles. The van der Waals surface area contributed by atoms with E-state index in [1.54, 1.807) is 6.33 Å². The van der Waals surface area contributed by atoms with Gasteiger partial charge in [0, 0.05) is 11.5 Å². The van der Waals surface area contributed by atoms with E-state index in [4.69, 9.17) is 4.74 Å². The fourth-order valence-electron chi connectivity index (χ4n) is 4.39. The van der Waals surface area contributed by atoms with Crippen molar-refractivity contribution in [2.45, 2.75) is 58.1 Å². The molecule has 3 heterocycles. The lowest BCUT2D eigenvalue weighted by Gasteiger charge is -2.32. The first-order valence-corrected chi connectivity index (χ1v) is 11.7. The van der Waals surface area contributed by atoms with Gasteiger partial charge in [-0.05, 0) is 43.0 Å². The van der Waals surface area contributed by atoms with E-state index >= 15 is 0 Å². The van der Waals surface area contributed by atoms with E-state index in [0.717, 1.165) is 41.1 Å². The molecule has 0 fully saturated rings. The summed E-state index contributed by atoms with van der Waals surface area (Å²) in [5, 5.41) is 14.0. The minimum atomic E-state index is -0.291. The van der Waals surface area contributed by atoms with Gasteiger partial charge in [0.1, 0.15) is 29.8 Å². The molecule has 0 saturated carbocycles. The molecule has 180 valence electrons. The number of benzene rings is 1. The highest BCUT2D eigenvalue weighted by Gasteiger charge is 2.29. The second-order valence-electron chi connectivity index (χ2n) is 9.86. The third-order valence-corrected chi connectivity index (χ3v) is 6.13. The highest BCUT2D eigenvalue weighted by molar-refractivity contribution is 5.88. The number of amides is 2. The van der Waals surface area contributed by atoms with Crippen LogP contribution in [0.1, 0.15) is 68.4 Å². The average molecular weight is 472 g/mol. The first-order chi connectivity index (χ1) is 16.8. The standard InChI is InChI=1S/C26H29N7O2/c1-16-28-22(26(2,3)4)13-23(29-16)31-25(34)30-20-10-11-21(19-8-6-5-7-18(19)20)35-17-9-12-24-32-27-15-33(24)14-17/h5-9,12-15,20-21H,10-11H2,1-4H3,(H2,28,29,30,31,34)/t20-,21+/m0/s1. The van der Waals surface area contributed by atoms with Crippen molar-refractivity contribution in [3.8, 4) is 5.75 Å². The highest BCUT2D eigenvalue weighted by Crippen LogP contribution is 2.38. The van der Waals surface area contributed by atoms with Crippen LogP contribution in [0.3, 0.4) is 0 Å². The van der Waals surface area contributed by atoms with Gasteiger partial charge in [-0.1, -0.05) is 45.0 Å². The molecule has 9 heteroatoms. The fourth-order valence-corrected chi connectivity index (χ4v) is 4.39. The van der Waals surface area contributed by atoms with Crippen molar-refractivity contribution in [1.29, 1.82) is 0 Å². The van der Waals surface area contributed by atoms with Crippen molar-refractivity contribution in [3.05, 3.63) is 77.6 Å². The van der Waals surface area contributed by atoms with Crippen molar-refractivity contribution in [3.63, 3.8) is 0 Å². The highest BCUT2D eigenvalue weighted by atomic mass is 16.5. The molecule has 4 aromatic rings. The molecule has 1 aliphatic rings. The number of aryl methyl sites for hydroxylation is 1. The lowest BCUT2D eigenvalue weighted by molar-refractivity contribution is 0.171. The van der Waals surface area contributed by atoms with Crippen LogP contribution in [0.5, 0.6) is 5.75 Å². The summed E-state index contributed by atoms with van der Waals surface area (Å²) in [5.74, 6) is 1.87. The van der Waals surface area contributed by atoms with Crippen LogP contribution in [0.4, 0.5) is 10.6 Å². The largest absolute Gasteiger partial charge is 0.484 e. The van der Waals surface area contributed by atoms with E-state index < -0.39 is 0 Å². The van der Waals surface area contributed by atoms with Crippen molar-refractivity contribution in [2.24, 2.45) is 0 Å². The molecule has 2 N–H and O–H groups in total. The maximum Gasteiger partial charge on any atom is 0.320 e. The van der Waals surface area contributed by atoms with Crippen LogP contribution < -0.4 is 15.4 Å². The number of rotatable bonds is 4. The van der Waals surface area contributed by atoms with Crippen LogP contribution in [0, 0.1) is 6.92 Å². The molecule has 0 radical (unpaired) electrons. The number of carbonyl (C=O) groups excluding carboxylic acids is 1. The Morgan fingerprint density at radius 2 is 1.89 bits per heavy atom. The summed E-state index contributed by atoms with van der Waals surface area (Å²) in [6.45, 7) is 8.08. The monoisotopic (exact) mass is 471 g/mol. The molecule has 0 unspecified atom stereocenters. The minimum Gasteiger partial charge on any atom is -0.484 e. The third kappa shape index (κ3) is 4.94. The number of nitrogens with zero attached hydrogens (tertiary/aromatic N) is 5. The van der Waals surface area contributed by atoms with Gasteiger partial charge in [0.25, 0.3) is 0 Å². The normalized spacial score (nSPS) is 17.6. The summed E-state index contributed by atoms with van der Waals surface area (Å²) in [6, 6.07) is 13.3. The molecule has 1 aliphatic carbocycles. The molecule has 3 aromatic heterocycles. The summed E-state index contributed by atoms with van der Waals surface area (Å²) >= 11 is 0. The third-order valence-electron chi connectivity index (χ3n) is 6.13. The van der Waals surface area contributed by atoms with Crippen LogP contribution in [-0.4, -0.2) is 30.6 Å². The van der Waals surface area contributed by atoms with E-state index in [9.17, 15) is 4.79 Å². The summed E-state index contributed by atoms with van der Waals surface area (Å²) in [7, 11) is 0. The van der Waals surface area contributed by atoms with Crippen LogP contribution in [-0.2, 0) is 5.41 Å². The van der Waals surface area contributed by atoms with Crippen molar-refractivity contribution in [1.82, 2.24) is 29.9 Å². The summed E-state index contributed by atoms with van der Waals surface area (Å²) in [4.78, 5) is 21.8. The van der Waals surface area contributed by atoms with Gasteiger partial charge >= 0.3 is 6.03 Å². The Kier molecular flexibility index (Phi) is 5.84. The van der Waals surface area contributed by atoms with E-state index in [0.29, 0.717) is 11.6 Å². The van der Waals surface area contributed by atoms with Crippen molar-refractivity contribution < 1.29 is 9.53 Å². The van der Waals surface area contributed by atoms with Gasteiger partial charge in [-0.25, -0.2) is 14.8 Å². The summed E-state index contributed by atoms with van der Waals surface area (Å²) in [6.07, 6.45) is 4.94. The number of pyridine rings is 1. The Morgan fingerprint density at radius 3 is 2.69 bits per heavy atom. The quantitative estimate of drug-likeness (QED) is 0.438. The van der Waals surface area contributed by atoms with Gasteiger partial charge < -0.3 is 10.1 Å². The van der Waals surface area contributed by atoms with Crippen molar-refractivity contribution in [2.75, 3.05) is 5.32 Å². The Bertz CT molecular complexity index is 1380. The van der Waals surface area contributed by atoms with Crippen LogP contribution >= 0.6 is 0 Å². The number of carbonyl (C=O) groups is 1. The number of anilines is 1. The van der Waals surface area contributed by atoms with E-state index in [1.807, 2.05) is 53.9 Å². The molecule has 2 amide bonds. The number of nitrogens with one attached hydrogen (secondary N) is 2. The van der Waals surface area contributed by atoms with E-state index in [-0.39, 0.29) is 23.6 Å². The van der Waals surface area contributed by atoms with Gasteiger partial charge in [-0.3, -0.25) is 9.72 Å². The molecule has 0 saturated heterocycles. The average Bonchev–Trinajstić information content (AvgIpc) is 3.28. The summed E-state index contributed by atoms with van der Waals surface area (Å²) < 4.78 is 8.18. The zero-order valence-corrected chi connectivity index (χ0v) is 20.3. The number of fused-ring (bicyclic) bond motifs is 2. The second-order valence-corrected chi connectivity index (χ2v) is 9.86. The number of hydrogen-bond acceptors (Lipinski definition) is 6. The molecular weight excluding hydrogens is 442 g/mol. The van der Waals surface area contributed by atoms with Gasteiger partial charge in [0.2, 0.25) is 0 Å². The number of hydrogen-bond donors (Lipinski definition) is 2. The van der Waals surface area contributed by atoms with Crippen LogP contribution in [0.15, 0.2) is 55.0 Å². The maximum absolute atomic E-state index is 12.9. The fraction of sp³-hybridized carbons (Fsp3) is 0.346. The van der Waals surface area contributed by atoms with Gasteiger partial charge in [0.05, 0.1) is 17.9 Å². The Labute approximate surface area is 204 Å². The first kappa shape index (κ1) is 22.8. The molecule has 35 heavy (non-hydrogen) atoms.